The van der Waals surface area contributed by atoms with Crippen molar-refractivity contribution in [2.24, 2.45) is 0 Å². The van der Waals surface area contributed by atoms with E-state index in [1.54, 1.807) is 6.92 Å². The predicted molar refractivity (Wildman–Crippen MR) is 72.7 cm³/mol. The highest BCUT2D eigenvalue weighted by Gasteiger charge is 2.22. The van der Waals surface area contributed by atoms with E-state index in [-0.39, 0.29) is 0 Å². The van der Waals surface area contributed by atoms with Gasteiger partial charge in [-0.25, -0.2) is 9.18 Å². The minimum Gasteiger partial charge on any atom is -0.480 e. The highest BCUT2D eigenvalue weighted by Crippen LogP contribution is 2.17. The molecular weight excluding hydrogens is 269 g/mol. The first kappa shape index (κ1) is 15.5. The molecule has 0 saturated carbocycles. The quantitative estimate of drug-likeness (QED) is 0.802. The van der Waals surface area contributed by atoms with E-state index in [9.17, 15) is 14.0 Å². The molecule has 0 saturated heterocycles. The van der Waals surface area contributed by atoms with Crippen molar-refractivity contribution in [3.05, 3.63) is 35.9 Å². The summed E-state index contributed by atoms with van der Waals surface area (Å²) in [5.74, 6) is -1.19. The molecule has 104 valence electrons. The lowest BCUT2D eigenvalue weighted by Gasteiger charge is -2.15. The molecule has 1 rings (SSSR count). The average Bonchev–Trinajstić information content (AvgIpc) is 2.42. The Morgan fingerprint density at radius 2 is 2.00 bits per heavy atom. The SMILES string of the molecule is CC(SCc1ccccc1)C(=O)NC(CF)C(=O)O. The van der Waals surface area contributed by atoms with Crippen LogP contribution in [0.1, 0.15) is 12.5 Å². The number of benzene rings is 1. The summed E-state index contributed by atoms with van der Waals surface area (Å²) in [6.07, 6.45) is 0. The third-order valence-corrected chi connectivity index (χ3v) is 3.70. The lowest BCUT2D eigenvalue weighted by molar-refractivity contribution is -0.142. The summed E-state index contributed by atoms with van der Waals surface area (Å²) in [4.78, 5) is 22.3. The molecule has 2 unspecified atom stereocenters. The zero-order valence-corrected chi connectivity index (χ0v) is 11.3. The third kappa shape index (κ3) is 5.30. The zero-order valence-electron chi connectivity index (χ0n) is 10.5. The second kappa shape index (κ2) is 7.78. The number of hydrogen-bond acceptors (Lipinski definition) is 3. The first-order valence-electron chi connectivity index (χ1n) is 5.79. The van der Waals surface area contributed by atoms with Gasteiger partial charge in [0.25, 0.3) is 0 Å². The summed E-state index contributed by atoms with van der Waals surface area (Å²) in [5, 5.41) is 10.4. The highest BCUT2D eigenvalue weighted by molar-refractivity contribution is 7.99. The van der Waals surface area contributed by atoms with Gasteiger partial charge in [0.05, 0.1) is 5.25 Å². The van der Waals surface area contributed by atoms with Crippen molar-refractivity contribution in [3.8, 4) is 0 Å². The number of amides is 1. The standard InChI is InChI=1S/C13H16FNO3S/c1-9(12(16)15-11(7-14)13(17)18)19-8-10-5-3-2-4-6-10/h2-6,9,11H,7-8H2,1H3,(H,15,16)(H,17,18). The van der Waals surface area contributed by atoms with E-state index in [1.165, 1.54) is 11.8 Å². The van der Waals surface area contributed by atoms with E-state index in [0.29, 0.717) is 5.75 Å². The number of carboxylic acid groups (broad SMARTS) is 1. The first-order valence-corrected chi connectivity index (χ1v) is 6.84. The largest absolute Gasteiger partial charge is 0.480 e. The van der Waals surface area contributed by atoms with Crippen LogP contribution in [0.5, 0.6) is 0 Å². The minimum atomic E-state index is -1.47. The molecule has 0 bridgehead atoms. The molecule has 4 nitrogen and oxygen atoms in total. The molecule has 0 aliphatic rings. The molecule has 0 heterocycles. The van der Waals surface area contributed by atoms with Crippen LogP contribution in [0.2, 0.25) is 0 Å². The van der Waals surface area contributed by atoms with Crippen LogP contribution in [0.3, 0.4) is 0 Å². The summed E-state index contributed by atoms with van der Waals surface area (Å²) in [6, 6.07) is 8.14. The van der Waals surface area contributed by atoms with Crippen LogP contribution in [0.4, 0.5) is 4.39 Å². The fourth-order valence-corrected chi connectivity index (χ4v) is 2.18. The average molecular weight is 285 g/mol. The second-order valence-electron chi connectivity index (χ2n) is 3.99. The van der Waals surface area contributed by atoms with Gasteiger partial charge in [-0.05, 0) is 12.5 Å². The van der Waals surface area contributed by atoms with Crippen LogP contribution in [-0.2, 0) is 15.3 Å². The van der Waals surface area contributed by atoms with Gasteiger partial charge in [0.15, 0.2) is 6.04 Å². The van der Waals surface area contributed by atoms with Crippen molar-refractivity contribution in [1.29, 1.82) is 0 Å². The molecule has 0 aliphatic carbocycles. The number of rotatable bonds is 7. The van der Waals surface area contributed by atoms with Gasteiger partial charge in [0, 0.05) is 5.75 Å². The summed E-state index contributed by atoms with van der Waals surface area (Å²) in [6.45, 7) is 0.553. The van der Waals surface area contributed by atoms with Gasteiger partial charge < -0.3 is 10.4 Å². The molecule has 0 aliphatic heterocycles. The van der Waals surface area contributed by atoms with Gasteiger partial charge in [-0.2, -0.15) is 0 Å². The smallest absolute Gasteiger partial charge is 0.328 e. The second-order valence-corrected chi connectivity index (χ2v) is 5.32. The topological polar surface area (TPSA) is 66.4 Å². The van der Waals surface area contributed by atoms with Crippen LogP contribution in [0, 0.1) is 0 Å². The van der Waals surface area contributed by atoms with Crippen LogP contribution in [-0.4, -0.2) is 34.9 Å². The van der Waals surface area contributed by atoms with E-state index >= 15 is 0 Å². The number of halogens is 1. The summed E-state index contributed by atoms with van der Waals surface area (Å²) >= 11 is 1.37. The van der Waals surface area contributed by atoms with E-state index in [4.69, 9.17) is 5.11 Å². The van der Waals surface area contributed by atoms with Crippen molar-refractivity contribution < 1.29 is 19.1 Å². The van der Waals surface area contributed by atoms with Crippen molar-refractivity contribution in [1.82, 2.24) is 5.32 Å². The van der Waals surface area contributed by atoms with Crippen molar-refractivity contribution >= 4 is 23.6 Å². The van der Waals surface area contributed by atoms with Crippen molar-refractivity contribution in [3.63, 3.8) is 0 Å². The zero-order chi connectivity index (χ0) is 14.3. The molecule has 0 fully saturated rings. The maximum absolute atomic E-state index is 12.4. The van der Waals surface area contributed by atoms with Crippen LogP contribution in [0.15, 0.2) is 30.3 Å². The maximum atomic E-state index is 12.4. The Kier molecular flexibility index (Phi) is 6.35. The van der Waals surface area contributed by atoms with Gasteiger partial charge in [0.1, 0.15) is 6.67 Å². The summed E-state index contributed by atoms with van der Waals surface area (Å²) in [5.41, 5.74) is 1.08. The van der Waals surface area contributed by atoms with Crippen LogP contribution >= 0.6 is 11.8 Å². The number of thioether (sulfide) groups is 1. The van der Waals surface area contributed by atoms with E-state index < -0.39 is 29.8 Å². The van der Waals surface area contributed by atoms with Gasteiger partial charge in [-0.15, -0.1) is 11.8 Å². The molecule has 1 aromatic carbocycles. The fraction of sp³-hybridized carbons (Fsp3) is 0.385. The molecule has 0 radical (unpaired) electrons. The van der Waals surface area contributed by atoms with E-state index in [0.717, 1.165) is 5.56 Å². The summed E-state index contributed by atoms with van der Waals surface area (Å²) < 4.78 is 12.4. The lowest BCUT2D eigenvalue weighted by atomic mass is 10.2. The first-order chi connectivity index (χ1) is 9.04. The molecule has 19 heavy (non-hydrogen) atoms. The van der Waals surface area contributed by atoms with Crippen molar-refractivity contribution in [2.45, 2.75) is 24.0 Å². The number of carbonyl (C=O) groups is 2. The number of nitrogens with one attached hydrogen (secondary N) is 1. The Bertz CT molecular complexity index is 427. The molecule has 2 N–H and O–H groups in total. The molecule has 2 atom stereocenters. The number of aliphatic carboxylic acids is 1. The van der Waals surface area contributed by atoms with Gasteiger partial charge in [-0.1, -0.05) is 30.3 Å². The molecule has 1 aromatic rings. The lowest BCUT2D eigenvalue weighted by Crippen LogP contribution is -2.45. The van der Waals surface area contributed by atoms with E-state index in [1.807, 2.05) is 30.3 Å². The van der Waals surface area contributed by atoms with E-state index in [2.05, 4.69) is 5.32 Å². The fourth-order valence-electron chi connectivity index (χ4n) is 1.33. The highest BCUT2D eigenvalue weighted by atomic mass is 32.2. The van der Waals surface area contributed by atoms with Gasteiger partial charge >= 0.3 is 5.97 Å². The molecule has 1 amide bonds. The molecule has 0 aromatic heterocycles. The van der Waals surface area contributed by atoms with Gasteiger partial charge in [0.2, 0.25) is 5.91 Å². The Morgan fingerprint density at radius 3 is 2.53 bits per heavy atom. The molecule has 0 spiro atoms. The minimum absolute atomic E-state index is 0.436. The predicted octanol–water partition coefficient (Wildman–Crippen LogP) is 1.85. The molecule has 6 heteroatoms. The normalized spacial score (nSPS) is 13.6. The Morgan fingerprint density at radius 1 is 1.37 bits per heavy atom. The van der Waals surface area contributed by atoms with Crippen LogP contribution in [0.25, 0.3) is 0 Å². The molecular formula is C13H16FNO3S. The third-order valence-electron chi connectivity index (χ3n) is 2.48. The number of hydrogen-bond donors (Lipinski definition) is 2. The number of carbonyl (C=O) groups excluding carboxylic acids is 1. The number of alkyl halides is 1. The van der Waals surface area contributed by atoms with Crippen molar-refractivity contribution in [2.75, 3.05) is 6.67 Å². The van der Waals surface area contributed by atoms with Gasteiger partial charge in [-0.3, -0.25) is 4.79 Å². The Hall–Kier alpha value is -1.56. The Balaban J connectivity index is 2.42. The van der Waals surface area contributed by atoms with Crippen LogP contribution < -0.4 is 5.32 Å². The maximum Gasteiger partial charge on any atom is 0.328 e. The monoisotopic (exact) mass is 285 g/mol. The Labute approximate surface area is 115 Å². The summed E-state index contributed by atoms with van der Waals surface area (Å²) in [7, 11) is 0. The number of carboxylic acids is 1.